The number of nitrogen functional groups attached to an aromatic ring is 1. The van der Waals surface area contributed by atoms with Crippen molar-refractivity contribution < 1.29 is 9.59 Å². The van der Waals surface area contributed by atoms with Crippen LogP contribution in [0.5, 0.6) is 0 Å². The Hall–Kier alpha value is -4.64. The summed E-state index contributed by atoms with van der Waals surface area (Å²) in [6, 6.07) is 18.1. The molecule has 1 aliphatic carbocycles. The van der Waals surface area contributed by atoms with Crippen LogP contribution in [0.1, 0.15) is 36.9 Å². The van der Waals surface area contributed by atoms with Crippen LogP contribution in [0, 0.1) is 18.8 Å². The number of hydrogen-bond donors (Lipinski definition) is 5. The molecule has 11 nitrogen and oxygen atoms in total. The number of nitrogens with one attached hydrogen (secondary N) is 3. The molecule has 1 saturated carbocycles. The van der Waals surface area contributed by atoms with Gasteiger partial charge in [-0.05, 0) is 97.8 Å². The Labute approximate surface area is 238 Å². The van der Waals surface area contributed by atoms with Crippen molar-refractivity contribution in [1.29, 1.82) is 0 Å². The van der Waals surface area contributed by atoms with Crippen LogP contribution < -0.4 is 22.1 Å². The second-order valence-corrected chi connectivity index (χ2v) is 10.6. The van der Waals surface area contributed by atoms with Gasteiger partial charge in [-0.1, -0.05) is 24.3 Å². The average Bonchev–Trinajstić information content (AvgIpc) is 3.53. The molecular weight excluding hydrogens is 518 g/mol. The molecule has 1 aliphatic rings. The number of pyridine rings is 1. The van der Waals surface area contributed by atoms with E-state index < -0.39 is 6.04 Å². The van der Waals surface area contributed by atoms with Crippen molar-refractivity contribution in [1.82, 2.24) is 30.9 Å². The summed E-state index contributed by atoms with van der Waals surface area (Å²) < 4.78 is 0. The molecule has 1 fully saturated rings. The van der Waals surface area contributed by atoms with Crippen molar-refractivity contribution in [3.8, 4) is 22.5 Å². The first-order chi connectivity index (χ1) is 19.9. The monoisotopic (exact) mass is 553 g/mol. The third-order valence-electron chi connectivity index (χ3n) is 7.75. The number of aromatic nitrogens is 5. The highest BCUT2D eigenvalue weighted by atomic mass is 16.2. The highest BCUT2D eigenvalue weighted by Crippen LogP contribution is 2.29. The Morgan fingerprint density at radius 1 is 0.976 bits per heavy atom. The number of nitrogens with zero attached hydrogens (tertiary/aromatic N) is 4. The van der Waals surface area contributed by atoms with Crippen LogP contribution in [0.25, 0.3) is 22.5 Å². The van der Waals surface area contributed by atoms with Gasteiger partial charge in [0.25, 0.3) is 0 Å². The van der Waals surface area contributed by atoms with Crippen molar-refractivity contribution >= 4 is 23.3 Å². The van der Waals surface area contributed by atoms with Crippen LogP contribution >= 0.6 is 0 Å². The van der Waals surface area contributed by atoms with Crippen molar-refractivity contribution in [2.75, 3.05) is 17.6 Å². The number of rotatable bonds is 9. The van der Waals surface area contributed by atoms with E-state index in [-0.39, 0.29) is 17.7 Å². The maximum Gasteiger partial charge on any atom is 0.247 e. The number of aromatic amines is 1. The van der Waals surface area contributed by atoms with Gasteiger partial charge >= 0.3 is 0 Å². The van der Waals surface area contributed by atoms with E-state index in [0.717, 1.165) is 53.6 Å². The molecule has 2 heterocycles. The van der Waals surface area contributed by atoms with Crippen molar-refractivity contribution in [2.45, 2.75) is 45.1 Å². The Morgan fingerprint density at radius 2 is 1.68 bits per heavy atom. The van der Waals surface area contributed by atoms with E-state index in [1.807, 2.05) is 37.3 Å². The van der Waals surface area contributed by atoms with Gasteiger partial charge < -0.3 is 22.1 Å². The molecule has 2 aromatic carbocycles. The molecule has 1 unspecified atom stereocenters. The standard InChI is InChI=1S/C30H35N9O2/c1-18-25(14-15-27(32)33-18)21-6-2-19(3-7-21)16-26(35-29(40)23-8-4-20(17-31)5-9-23)30(41)34-24-12-10-22(11-13-24)28-36-38-39-37-28/h2-3,6-7,10-15,20,23,26H,4-5,8-9,16-17,31H2,1H3,(H2,32,33)(H,34,41)(H,35,40)(H,36,37,38,39). The largest absolute Gasteiger partial charge is 0.384 e. The predicted octanol–water partition coefficient (Wildman–Crippen LogP) is 3.25. The number of amides is 2. The van der Waals surface area contributed by atoms with E-state index in [4.69, 9.17) is 11.5 Å². The van der Waals surface area contributed by atoms with E-state index in [1.54, 1.807) is 30.3 Å². The maximum atomic E-state index is 13.5. The zero-order valence-corrected chi connectivity index (χ0v) is 23.0. The number of tetrazole rings is 1. The zero-order valence-electron chi connectivity index (χ0n) is 23.0. The lowest BCUT2D eigenvalue weighted by Crippen LogP contribution is -2.48. The highest BCUT2D eigenvalue weighted by Gasteiger charge is 2.29. The summed E-state index contributed by atoms with van der Waals surface area (Å²) in [6.45, 7) is 2.57. The first-order valence-electron chi connectivity index (χ1n) is 13.9. The van der Waals surface area contributed by atoms with Crippen LogP contribution in [0.4, 0.5) is 11.5 Å². The third kappa shape index (κ3) is 6.93. The van der Waals surface area contributed by atoms with Gasteiger partial charge in [0.15, 0.2) is 0 Å². The molecule has 2 aromatic heterocycles. The highest BCUT2D eigenvalue weighted by molar-refractivity contribution is 5.97. The van der Waals surface area contributed by atoms with Gasteiger partial charge in [-0.25, -0.2) is 4.98 Å². The third-order valence-corrected chi connectivity index (χ3v) is 7.75. The van der Waals surface area contributed by atoms with E-state index in [2.05, 4.69) is 36.2 Å². The fourth-order valence-electron chi connectivity index (χ4n) is 5.32. The summed E-state index contributed by atoms with van der Waals surface area (Å²) in [6.07, 6.45) is 3.76. The fourth-order valence-corrected chi connectivity index (χ4v) is 5.32. The molecule has 212 valence electrons. The molecule has 5 rings (SSSR count). The number of hydrogen-bond acceptors (Lipinski definition) is 8. The summed E-state index contributed by atoms with van der Waals surface area (Å²) in [5, 5.41) is 20.0. The van der Waals surface area contributed by atoms with E-state index in [0.29, 0.717) is 36.2 Å². The quantitative estimate of drug-likeness (QED) is 0.210. The van der Waals surface area contributed by atoms with E-state index in [1.165, 1.54) is 0 Å². The molecule has 0 aliphatic heterocycles. The average molecular weight is 554 g/mol. The SMILES string of the molecule is Cc1nc(N)ccc1-c1ccc(CC(NC(=O)C2CCC(CN)CC2)C(=O)Nc2ccc(-c3nn[nH]n3)cc2)cc1. The van der Waals surface area contributed by atoms with Gasteiger partial charge in [0, 0.05) is 34.8 Å². The van der Waals surface area contributed by atoms with Gasteiger partial charge in [0.05, 0.1) is 0 Å². The number of H-pyrrole nitrogens is 1. The fraction of sp³-hybridized carbons (Fsp3) is 0.333. The molecule has 1 atom stereocenters. The topological polar surface area (TPSA) is 178 Å². The lowest BCUT2D eigenvalue weighted by molar-refractivity contribution is -0.130. The van der Waals surface area contributed by atoms with Crippen molar-refractivity contribution in [2.24, 2.45) is 17.6 Å². The van der Waals surface area contributed by atoms with Crippen LogP contribution in [-0.2, 0) is 16.0 Å². The van der Waals surface area contributed by atoms with Gasteiger partial charge in [-0.3, -0.25) is 9.59 Å². The molecule has 2 amide bonds. The number of aryl methyl sites for hydroxylation is 1. The van der Waals surface area contributed by atoms with Crippen molar-refractivity contribution in [3.05, 3.63) is 71.9 Å². The number of benzene rings is 2. The second kappa shape index (κ2) is 12.7. The summed E-state index contributed by atoms with van der Waals surface area (Å²) in [4.78, 5) is 31.1. The molecule has 0 radical (unpaired) electrons. The Morgan fingerprint density at radius 3 is 2.32 bits per heavy atom. The maximum absolute atomic E-state index is 13.5. The Balaban J connectivity index is 1.31. The summed E-state index contributed by atoms with van der Waals surface area (Å²) in [5.41, 5.74) is 16.8. The van der Waals surface area contributed by atoms with Crippen LogP contribution in [-0.4, -0.2) is 50.0 Å². The molecular formula is C30H35N9O2. The molecule has 11 heteroatoms. The molecule has 0 bridgehead atoms. The van der Waals surface area contributed by atoms with Gasteiger partial charge in [0.2, 0.25) is 17.6 Å². The van der Waals surface area contributed by atoms with Gasteiger partial charge in [0.1, 0.15) is 11.9 Å². The molecule has 7 N–H and O–H groups in total. The zero-order chi connectivity index (χ0) is 28.8. The minimum absolute atomic E-state index is 0.0896. The van der Waals surface area contributed by atoms with Crippen LogP contribution in [0.15, 0.2) is 60.7 Å². The lowest BCUT2D eigenvalue weighted by Gasteiger charge is -2.28. The van der Waals surface area contributed by atoms with Gasteiger partial charge in [-0.2, -0.15) is 5.21 Å². The molecule has 0 spiro atoms. The first-order valence-corrected chi connectivity index (χ1v) is 13.9. The van der Waals surface area contributed by atoms with E-state index >= 15 is 0 Å². The van der Waals surface area contributed by atoms with Crippen LogP contribution in [0.3, 0.4) is 0 Å². The molecule has 41 heavy (non-hydrogen) atoms. The minimum atomic E-state index is -0.752. The smallest absolute Gasteiger partial charge is 0.247 e. The number of carbonyl (C=O) groups excluding carboxylic acids is 2. The number of anilines is 2. The predicted molar refractivity (Wildman–Crippen MR) is 157 cm³/mol. The first kappa shape index (κ1) is 27.9. The lowest BCUT2D eigenvalue weighted by atomic mass is 9.81. The van der Waals surface area contributed by atoms with Crippen molar-refractivity contribution in [3.63, 3.8) is 0 Å². The Bertz CT molecular complexity index is 1460. The molecule has 4 aromatic rings. The van der Waals surface area contributed by atoms with Crippen LogP contribution in [0.2, 0.25) is 0 Å². The van der Waals surface area contributed by atoms with Gasteiger partial charge in [-0.15, -0.1) is 10.2 Å². The normalized spacial score (nSPS) is 17.5. The van der Waals surface area contributed by atoms with E-state index in [9.17, 15) is 9.59 Å². The molecule has 0 saturated heterocycles. The Kier molecular flexibility index (Phi) is 8.64. The summed E-state index contributed by atoms with van der Waals surface area (Å²) in [7, 11) is 0. The second-order valence-electron chi connectivity index (χ2n) is 10.6. The number of carbonyl (C=O) groups is 2. The summed E-state index contributed by atoms with van der Waals surface area (Å²) in [5.74, 6) is 0.911. The summed E-state index contributed by atoms with van der Waals surface area (Å²) >= 11 is 0. The minimum Gasteiger partial charge on any atom is -0.384 e. The number of nitrogens with two attached hydrogens (primary N) is 2.